The molecule has 3 aromatic rings. The summed E-state index contributed by atoms with van der Waals surface area (Å²) >= 11 is 18.2. The molecule has 3 aromatic carbocycles. The Labute approximate surface area is 231 Å². The van der Waals surface area contributed by atoms with E-state index in [1.165, 1.54) is 28.6 Å². The van der Waals surface area contributed by atoms with Gasteiger partial charge in [0, 0.05) is 61.4 Å². The van der Waals surface area contributed by atoms with E-state index >= 15 is 0 Å². The number of amides is 1. The normalized spacial score (nSPS) is 15.0. The Balaban J connectivity index is 1.42. The topological polar surface area (TPSA) is 60.9 Å². The number of benzene rings is 3. The number of hydrogen-bond acceptors (Lipinski definition) is 4. The second-order valence-electron chi connectivity index (χ2n) is 8.68. The van der Waals surface area contributed by atoms with Gasteiger partial charge in [0.15, 0.2) is 0 Å². The van der Waals surface area contributed by atoms with Gasteiger partial charge in [-0.15, -0.1) is 0 Å². The van der Waals surface area contributed by atoms with Gasteiger partial charge in [0.2, 0.25) is 10.0 Å². The van der Waals surface area contributed by atoms with Gasteiger partial charge in [-0.3, -0.25) is 9.69 Å². The Bertz CT molecular complexity index is 1360. The van der Waals surface area contributed by atoms with Crippen molar-refractivity contribution in [2.24, 2.45) is 0 Å². The maximum atomic E-state index is 13.4. The summed E-state index contributed by atoms with van der Waals surface area (Å²) in [6.45, 7) is 2.79. The van der Waals surface area contributed by atoms with Crippen LogP contribution in [0.3, 0.4) is 0 Å². The van der Waals surface area contributed by atoms with Crippen LogP contribution in [-0.4, -0.2) is 67.7 Å². The minimum absolute atomic E-state index is 0.00675. The van der Waals surface area contributed by atoms with Crippen LogP contribution in [0.4, 0.5) is 4.39 Å². The highest BCUT2D eigenvalue weighted by molar-refractivity contribution is 7.89. The predicted octanol–water partition coefficient (Wildman–Crippen LogP) is 5.43. The van der Waals surface area contributed by atoms with Gasteiger partial charge >= 0.3 is 0 Å². The van der Waals surface area contributed by atoms with E-state index in [1.807, 2.05) is 0 Å². The summed E-state index contributed by atoms with van der Waals surface area (Å²) in [6, 6.07) is 17.2. The van der Waals surface area contributed by atoms with Gasteiger partial charge in [-0.1, -0.05) is 53.0 Å². The molecular formula is C26H25Cl3FN3O3S. The van der Waals surface area contributed by atoms with Gasteiger partial charge in [-0.05, 0) is 54.1 Å². The number of nitrogens with zero attached hydrogens (tertiary/aromatic N) is 3. The lowest BCUT2D eigenvalue weighted by molar-refractivity contribution is 0.0710. The van der Waals surface area contributed by atoms with E-state index in [4.69, 9.17) is 34.8 Å². The van der Waals surface area contributed by atoms with Crippen molar-refractivity contribution in [3.63, 3.8) is 0 Å². The minimum atomic E-state index is -3.79. The highest BCUT2D eigenvalue weighted by atomic mass is 35.5. The van der Waals surface area contributed by atoms with Crippen molar-refractivity contribution in [2.45, 2.75) is 11.4 Å². The predicted molar refractivity (Wildman–Crippen MR) is 144 cm³/mol. The molecule has 0 bridgehead atoms. The van der Waals surface area contributed by atoms with Crippen molar-refractivity contribution in [2.75, 3.05) is 39.3 Å². The largest absolute Gasteiger partial charge is 0.333 e. The van der Waals surface area contributed by atoms with E-state index in [-0.39, 0.29) is 34.7 Å². The highest BCUT2D eigenvalue weighted by Gasteiger charge is 2.30. The van der Waals surface area contributed by atoms with Gasteiger partial charge in [-0.2, -0.15) is 4.31 Å². The molecule has 11 heteroatoms. The Morgan fingerprint density at radius 2 is 1.57 bits per heavy atom. The molecule has 0 unspecified atom stereocenters. The van der Waals surface area contributed by atoms with Gasteiger partial charge in [0.05, 0.1) is 5.02 Å². The van der Waals surface area contributed by atoms with Crippen LogP contribution in [-0.2, 0) is 16.6 Å². The molecule has 1 heterocycles. The number of sulfonamides is 1. The lowest BCUT2D eigenvalue weighted by atomic mass is 10.1. The average Bonchev–Trinajstić information content (AvgIpc) is 2.89. The first-order valence-corrected chi connectivity index (χ1v) is 14.2. The molecule has 0 aliphatic carbocycles. The van der Waals surface area contributed by atoms with Crippen molar-refractivity contribution in [1.82, 2.24) is 14.1 Å². The molecular weight excluding hydrogens is 560 g/mol. The standard InChI is InChI=1S/C26H25Cl3FN3O3S/c27-21-3-1-2-20(16-21)26(34)32(18-19-4-7-23(30)8-5-19)13-10-31-11-14-33(15-12-31)37(35,36)25-17-22(28)6-9-24(25)29/h1-9,16-17H,10-15,18H2. The summed E-state index contributed by atoms with van der Waals surface area (Å²) in [5, 5.41) is 0.889. The summed E-state index contributed by atoms with van der Waals surface area (Å²) in [5.74, 6) is -0.535. The molecule has 0 saturated carbocycles. The first-order valence-electron chi connectivity index (χ1n) is 11.6. The molecule has 6 nitrogen and oxygen atoms in total. The SMILES string of the molecule is O=C(c1cccc(Cl)c1)N(CCN1CCN(S(=O)(=O)c2cc(Cl)ccc2Cl)CC1)Cc1ccc(F)cc1. The highest BCUT2D eigenvalue weighted by Crippen LogP contribution is 2.28. The van der Waals surface area contributed by atoms with E-state index in [0.717, 1.165) is 5.56 Å². The maximum Gasteiger partial charge on any atom is 0.254 e. The summed E-state index contributed by atoms with van der Waals surface area (Å²) < 4.78 is 41.0. The molecule has 0 atom stereocenters. The summed E-state index contributed by atoms with van der Waals surface area (Å²) in [5.41, 5.74) is 1.26. The molecule has 196 valence electrons. The summed E-state index contributed by atoms with van der Waals surface area (Å²) in [7, 11) is -3.79. The molecule has 1 amide bonds. The quantitative estimate of drug-likeness (QED) is 0.354. The van der Waals surface area contributed by atoms with E-state index < -0.39 is 10.0 Å². The monoisotopic (exact) mass is 583 g/mol. The lowest BCUT2D eigenvalue weighted by Gasteiger charge is -2.35. The number of piperazine rings is 1. The van der Waals surface area contributed by atoms with Crippen LogP contribution in [0.2, 0.25) is 15.1 Å². The van der Waals surface area contributed by atoms with E-state index in [1.54, 1.807) is 47.4 Å². The smallest absolute Gasteiger partial charge is 0.254 e. The third kappa shape index (κ3) is 7.02. The van der Waals surface area contributed by atoms with Crippen LogP contribution in [0.15, 0.2) is 71.6 Å². The number of hydrogen-bond donors (Lipinski definition) is 0. The fraction of sp³-hybridized carbons (Fsp3) is 0.269. The molecule has 4 rings (SSSR count). The van der Waals surface area contributed by atoms with Crippen molar-refractivity contribution >= 4 is 50.7 Å². The van der Waals surface area contributed by atoms with Crippen molar-refractivity contribution in [3.8, 4) is 0 Å². The van der Waals surface area contributed by atoms with Gasteiger partial charge < -0.3 is 4.90 Å². The average molecular weight is 585 g/mol. The molecule has 1 aliphatic heterocycles. The van der Waals surface area contributed by atoms with Crippen LogP contribution in [0, 0.1) is 5.82 Å². The van der Waals surface area contributed by atoms with Crippen LogP contribution in [0.5, 0.6) is 0 Å². The maximum absolute atomic E-state index is 13.4. The van der Waals surface area contributed by atoms with Crippen molar-refractivity contribution < 1.29 is 17.6 Å². The first kappa shape index (κ1) is 27.8. The van der Waals surface area contributed by atoms with Gasteiger partial charge in [-0.25, -0.2) is 12.8 Å². The summed E-state index contributed by atoms with van der Waals surface area (Å²) in [6.07, 6.45) is 0. The molecule has 1 aliphatic rings. The van der Waals surface area contributed by atoms with Crippen LogP contribution >= 0.6 is 34.8 Å². The zero-order valence-corrected chi connectivity index (χ0v) is 22.9. The Kier molecular flexibility index (Phi) is 9.11. The van der Waals surface area contributed by atoms with E-state index in [9.17, 15) is 17.6 Å². The fourth-order valence-electron chi connectivity index (χ4n) is 4.14. The Morgan fingerprint density at radius 3 is 2.24 bits per heavy atom. The number of carbonyl (C=O) groups excluding carboxylic acids is 1. The fourth-order valence-corrected chi connectivity index (χ4v) is 6.49. The number of carbonyl (C=O) groups is 1. The van der Waals surface area contributed by atoms with Gasteiger partial charge in [0.1, 0.15) is 10.7 Å². The van der Waals surface area contributed by atoms with Crippen LogP contribution in [0.25, 0.3) is 0 Å². The Hall–Kier alpha value is -2.20. The van der Waals surface area contributed by atoms with Crippen molar-refractivity contribution in [1.29, 1.82) is 0 Å². The van der Waals surface area contributed by atoms with Crippen molar-refractivity contribution in [3.05, 3.63) is 98.7 Å². The first-order chi connectivity index (χ1) is 17.6. The zero-order chi connectivity index (χ0) is 26.6. The molecule has 0 N–H and O–H groups in total. The third-order valence-electron chi connectivity index (χ3n) is 6.17. The zero-order valence-electron chi connectivity index (χ0n) is 19.8. The lowest BCUT2D eigenvalue weighted by Crippen LogP contribution is -2.50. The minimum Gasteiger partial charge on any atom is -0.333 e. The second kappa shape index (κ2) is 12.1. The molecule has 1 fully saturated rings. The second-order valence-corrected chi connectivity index (χ2v) is 11.9. The molecule has 0 radical (unpaired) electrons. The molecule has 0 spiro atoms. The Morgan fingerprint density at radius 1 is 0.892 bits per heavy atom. The van der Waals surface area contributed by atoms with Gasteiger partial charge in [0.25, 0.3) is 5.91 Å². The van der Waals surface area contributed by atoms with E-state index in [0.29, 0.717) is 48.3 Å². The van der Waals surface area contributed by atoms with E-state index in [2.05, 4.69) is 4.90 Å². The van der Waals surface area contributed by atoms with Crippen LogP contribution in [0.1, 0.15) is 15.9 Å². The number of rotatable bonds is 8. The molecule has 37 heavy (non-hydrogen) atoms. The van der Waals surface area contributed by atoms with Crippen LogP contribution < -0.4 is 0 Å². The summed E-state index contributed by atoms with van der Waals surface area (Å²) in [4.78, 5) is 17.1. The number of halogens is 4. The third-order valence-corrected chi connectivity index (χ3v) is 9.02. The molecule has 0 aromatic heterocycles. The molecule has 1 saturated heterocycles.